The molecule has 1 unspecified atom stereocenters. The van der Waals surface area contributed by atoms with Crippen molar-refractivity contribution in [2.45, 2.75) is 38.3 Å². The number of likely N-dealkylation sites (tertiary alicyclic amines) is 1. The van der Waals surface area contributed by atoms with Crippen molar-refractivity contribution in [1.82, 2.24) is 14.8 Å². The highest BCUT2D eigenvalue weighted by Crippen LogP contribution is 2.31. The first-order valence-corrected chi connectivity index (χ1v) is 10.2. The summed E-state index contributed by atoms with van der Waals surface area (Å²) >= 11 is 0. The summed E-state index contributed by atoms with van der Waals surface area (Å²) in [6.45, 7) is 3.96. The molecule has 0 bridgehead atoms. The zero-order chi connectivity index (χ0) is 21.9. The summed E-state index contributed by atoms with van der Waals surface area (Å²) < 4.78 is 39.0. The van der Waals surface area contributed by atoms with Crippen LogP contribution < -0.4 is 0 Å². The molecule has 1 aromatic heterocycles. The highest BCUT2D eigenvalue weighted by molar-refractivity contribution is 5.77. The summed E-state index contributed by atoms with van der Waals surface area (Å²) in [5.74, 6) is 0.298. The molecule has 0 spiro atoms. The van der Waals surface area contributed by atoms with Crippen LogP contribution in [0.2, 0.25) is 0 Å². The van der Waals surface area contributed by atoms with E-state index in [1.165, 1.54) is 12.1 Å². The minimum Gasteiger partial charge on any atom is -0.348 e. The molecule has 7 heteroatoms. The lowest BCUT2D eigenvalue weighted by Crippen LogP contribution is -2.41. The molecule has 0 N–H and O–H groups in total. The Morgan fingerprint density at radius 3 is 2.67 bits per heavy atom. The fourth-order valence-electron chi connectivity index (χ4n) is 3.95. The SMILES string of the molecule is Cc1cc(Cc2cccc(C(F)(F)F)c2)cc(C2CCCN(CC(=O)N(C)C)C2)n1. The molecule has 1 saturated heterocycles. The van der Waals surface area contributed by atoms with Gasteiger partial charge in [0.15, 0.2) is 0 Å². The molecular formula is C23H28F3N3O. The summed E-state index contributed by atoms with van der Waals surface area (Å²) in [5.41, 5.74) is 2.77. The summed E-state index contributed by atoms with van der Waals surface area (Å²) in [5, 5.41) is 0. The van der Waals surface area contributed by atoms with Gasteiger partial charge in [0.05, 0.1) is 12.1 Å². The van der Waals surface area contributed by atoms with Crippen LogP contribution >= 0.6 is 0 Å². The smallest absolute Gasteiger partial charge is 0.348 e. The Bertz CT molecular complexity index is 896. The molecular weight excluding hydrogens is 391 g/mol. The maximum atomic E-state index is 13.0. The number of amides is 1. The molecule has 3 rings (SSSR count). The Morgan fingerprint density at radius 2 is 1.97 bits per heavy atom. The number of carbonyl (C=O) groups is 1. The fourth-order valence-corrected chi connectivity index (χ4v) is 3.95. The van der Waals surface area contributed by atoms with Gasteiger partial charge in [-0.1, -0.05) is 18.2 Å². The van der Waals surface area contributed by atoms with E-state index in [4.69, 9.17) is 4.98 Å². The number of nitrogens with zero attached hydrogens (tertiary/aromatic N) is 3. The number of benzene rings is 1. The Hall–Kier alpha value is -2.41. The molecule has 0 saturated carbocycles. The topological polar surface area (TPSA) is 36.4 Å². The summed E-state index contributed by atoms with van der Waals surface area (Å²) in [6, 6.07) is 9.42. The van der Waals surface area contributed by atoms with Gasteiger partial charge in [0.2, 0.25) is 5.91 Å². The summed E-state index contributed by atoms with van der Waals surface area (Å²) in [6.07, 6.45) is -1.93. The molecule has 2 aromatic rings. The number of piperidine rings is 1. The Balaban J connectivity index is 1.76. The molecule has 1 aliphatic heterocycles. The number of halogens is 3. The van der Waals surface area contributed by atoms with Gasteiger partial charge in [0.25, 0.3) is 0 Å². The number of aromatic nitrogens is 1. The highest BCUT2D eigenvalue weighted by atomic mass is 19.4. The molecule has 162 valence electrons. The number of likely N-dealkylation sites (N-methyl/N-ethyl adjacent to an activating group) is 1. The van der Waals surface area contributed by atoms with Gasteiger partial charge < -0.3 is 4.90 Å². The number of aryl methyl sites for hydroxylation is 1. The Morgan fingerprint density at radius 1 is 1.20 bits per heavy atom. The van der Waals surface area contributed by atoms with Crippen LogP contribution in [-0.2, 0) is 17.4 Å². The first-order valence-electron chi connectivity index (χ1n) is 10.2. The first kappa shape index (κ1) is 22.3. The van der Waals surface area contributed by atoms with Gasteiger partial charge in [0, 0.05) is 37.9 Å². The number of hydrogen-bond donors (Lipinski definition) is 0. The minimum absolute atomic E-state index is 0.0816. The first-order chi connectivity index (χ1) is 14.1. The molecule has 1 aliphatic rings. The van der Waals surface area contributed by atoms with Crippen LogP contribution in [0.25, 0.3) is 0 Å². The van der Waals surface area contributed by atoms with Gasteiger partial charge in [-0.2, -0.15) is 13.2 Å². The highest BCUT2D eigenvalue weighted by Gasteiger charge is 2.30. The number of hydrogen-bond acceptors (Lipinski definition) is 3. The maximum absolute atomic E-state index is 13.0. The third kappa shape index (κ3) is 5.81. The van der Waals surface area contributed by atoms with Crippen LogP contribution in [0.3, 0.4) is 0 Å². The molecule has 0 aliphatic carbocycles. The molecule has 1 fully saturated rings. The predicted octanol–water partition coefficient (Wildman–Crippen LogP) is 4.27. The zero-order valence-electron chi connectivity index (χ0n) is 17.7. The minimum atomic E-state index is -4.34. The second kappa shape index (κ2) is 9.16. The quantitative estimate of drug-likeness (QED) is 0.726. The average Bonchev–Trinajstić information content (AvgIpc) is 2.67. The predicted molar refractivity (Wildman–Crippen MR) is 110 cm³/mol. The van der Waals surface area contributed by atoms with Crippen LogP contribution in [0.15, 0.2) is 36.4 Å². The van der Waals surface area contributed by atoms with E-state index in [1.54, 1.807) is 25.1 Å². The molecule has 4 nitrogen and oxygen atoms in total. The Labute approximate surface area is 175 Å². The van der Waals surface area contributed by atoms with Crippen molar-refractivity contribution in [3.63, 3.8) is 0 Å². The van der Waals surface area contributed by atoms with Gasteiger partial charge >= 0.3 is 6.18 Å². The third-order valence-electron chi connectivity index (χ3n) is 5.48. The lowest BCUT2D eigenvalue weighted by molar-refractivity contribution is -0.137. The fraction of sp³-hybridized carbons (Fsp3) is 0.478. The largest absolute Gasteiger partial charge is 0.416 e. The molecule has 2 heterocycles. The monoisotopic (exact) mass is 419 g/mol. The summed E-state index contributed by atoms with van der Waals surface area (Å²) in [4.78, 5) is 20.5. The van der Waals surface area contributed by atoms with Crippen LogP contribution in [0, 0.1) is 6.92 Å². The Kier molecular flexibility index (Phi) is 6.81. The van der Waals surface area contributed by atoms with Crippen molar-refractivity contribution in [3.8, 4) is 0 Å². The van der Waals surface area contributed by atoms with Crippen molar-refractivity contribution in [1.29, 1.82) is 0 Å². The van der Waals surface area contributed by atoms with Crippen molar-refractivity contribution >= 4 is 5.91 Å². The van der Waals surface area contributed by atoms with E-state index < -0.39 is 11.7 Å². The van der Waals surface area contributed by atoms with E-state index in [1.807, 2.05) is 19.1 Å². The van der Waals surface area contributed by atoms with Crippen molar-refractivity contribution in [2.24, 2.45) is 0 Å². The van der Waals surface area contributed by atoms with Crippen molar-refractivity contribution < 1.29 is 18.0 Å². The van der Waals surface area contributed by atoms with Gasteiger partial charge in [-0.15, -0.1) is 0 Å². The molecule has 30 heavy (non-hydrogen) atoms. The lowest BCUT2D eigenvalue weighted by atomic mass is 9.92. The number of carbonyl (C=O) groups excluding carboxylic acids is 1. The van der Waals surface area contributed by atoms with Crippen molar-refractivity contribution in [3.05, 3.63) is 64.5 Å². The molecule has 0 radical (unpaired) electrons. The van der Waals surface area contributed by atoms with Crippen LogP contribution in [0.1, 0.15) is 46.8 Å². The summed E-state index contributed by atoms with van der Waals surface area (Å²) in [7, 11) is 3.51. The number of rotatable bonds is 5. The van der Waals surface area contributed by atoms with Crippen molar-refractivity contribution in [2.75, 3.05) is 33.7 Å². The van der Waals surface area contributed by atoms with E-state index in [2.05, 4.69) is 4.90 Å². The molecule has 1 atom stereocenters. The van der Waals surface area contributed by atoms with Gasteiger partial charge in [-0.05, 0) is 62.1 Å². The van der Waals surface area contributed by atoms with E-state index in [9.17, 15) is 18.0 Å². The van der Waals surface area contributed by atoms with E-state index in [0.29, 0.717) is 18.5 Å². The number of pyridine rings is 1. The van der Waals surface area contributed by atoms with E-state index in [0.717, 1.165) is 48.9 Å². The molecule has 1 amide bonds. The van der Waals surface area contributed by atoms with Gasteiger partial charge in [0.1, 0.15) is 0 Å². The molecule has 1 aromatic carbocycles. The third-order valence-corrected chi connectivity index (χ3v) is 5.48. The van der Waals surface area contributed by atoms with Crippen LogP contribution in [0.4, 0.5) is 13.2 Å². The van der Waals surface area contributed by atoms with Gasteiger partial charge in [-0.3, -0.25) is 14.7 Å². The average molecular weight is 419 g/mol. The van der Waals surface area contributed by atoms with Crippen LogP contribution in [-0.4, -0.2) is 54.4 Å². The normalized spacial score (nSPS) is 17.7. The maximum Gasteiger partial charge on any atom is 0.416 e. The standard InChI is InChI=1S/C23H28F3N3O/c1-16-10-18(11-17-6-4-8-20(12-17)23(24,25)26)13-21(27-16)19-7-5-9-29(14-19)15-22(30)28(2)3/h4,6,8,10,12-13,19H,5,7,9,11,14-15H2,1-3H3. The second-order valence-electron chi connectivity index (χ2n) is 8.28. The lowest BCUT2D eigenvalue weighted by Gasteiger charge is -2.32. The van der Waals surface area contributed by atoms with E-state index >= 15 is 0 Å². The van der Waals surface area contributed by atoms with E-state index in [-0.39, 0.29) is 11.8 Å². The zero-order valence-corrected chi connectivity index (χ0v) is 17.7. The second-order valence-corrected chi connectivity index (χ2v) is 8.28. The van der Waals surface area contributed by atoms with Gasteiger partial charge in [-0.25, -0.2) is 0 Å². The number of alkyl halides is 3. The van der Waals surface area contributed by atoms with Crippen LogP contribution in [0.5, 0.6) is 0 Å².